The molecule has 0 saturated carbocycles. The van der Waals surface area contributed by atoms with E-state index < -0.39 is 34.6 Å². The van der Waals surface area contributed by atoms with Gasteiger partial charge in [0.2, 0.25) is 5.91 Å². The quantitative estimate of drug-likeness (QED) is 0.195. The van der Waals surface area contributed by atoms with Crippen LogP contribution in [0.15, 0.2) is 9.59 Å². The van der Waals surface area contributed by atoms with Crippen LogP contribution >= 0.6 is 0 Å². The molecule has 1 unspecified atom stereocenters. The van der Waals surface area contributed by atoms with Crippen molar-refractivity contribution in [3.63, 3.8) is 0 Å². The Hall–Kier alpha value is -3.56. The average molecular weight is 535 g/mol. The molecule has 7 N–H and O–H groups in total. The van der Waals surface area contributed by atoms with Crippen LogP contribution in [0.25, 0.3) is 11.2 Å². The molecule has 15 heteroatoms. The number of carbonyl (C=O) groups excluding carboxylic acids is 3. The van der Waals surface area contributed by atoms with Crippen LogP contribution in [0.4, 0.5) is 4.79 Å². The molecule has 2 aromatic heterocycles. The standard InChI is InChI=1S/C23H38N10O5/c1-4-7-15(34)27-21(37)33-13-12-32(11-6-10-26-9-5-8-24)14-23(33,19(25)36)20-28-16-17(29-20)30(2)22(38)31(3)18(16)35/h26H,4-14,24H2,1-3H3,(H2,25,36)(H,28,29)(H,27,34,37). The van der Waals surface area contributed by atoms with Crippen LogP contribution in [0, 0.1) is 0 Å². The van der Waals surface area contributed by atoms with Crippen molar-refractivity contribution in [2.24, 2.45) is 25.6 Å². The number of aryl methyl sites for hydroxylation is 1. The minimum Gasteiger partial charge on any atom is -0.367 e. The molecule has 0 aromatic carbocycles. The van der Waals surface area contributed by atoms with E-state index in [2.05, 4.69) is 20.6 Å². The van der Waals surface area contributed by atoms with Crippen molar-refractivity contribution < 1.29 is 14.4 Å². The summed E-state index contributed by atoms with van der Waals surface area (Å²) < 4.78 is 2.09. The average Bonchev–Trinajstić information content (AvgIpc) is 3.34. The van der Waals surface area contributed by atoms with E-state index >= 15 is 0 Å². The van der Waals surface area contributed by atoms with Gasteiger partial charge in [-0.05, 0) is 45.4 Å². The summed E-state index contributed by atoms with van der Waals surface area (Å²) in [5, 5.41) is 5.63. The Labute approximate surface area is 219 Å². The van der Waals surface area contributed by atoms with Crippen molar-refractivity contribution in [1.82, 2.24) is 39.5 Å². The molecule has 1 aliphatic heterocycles. The van der Waals surface area contributed by atoms with E-state index in [-0.39, 0.29) is 36.5 Å². The van der Waals surface area contributed by atoms with E-state index in [0.29, 0.717) is 26.1 Å². The molecule has 0 radical (unpaired) electrons. The SMILES string of the molecule is CCCC(=O)NC(=O)N1CCN(CCCNCCCN)CC1(C(N)=O)c1nc2c([nH]1)c(=O)n(C)c(=O)n2C. The van der Waals surface area contributed by atoms with Gasteiger partial charge in [-0.3, -0.25) is 33.7 Å². The summed E-state index contributed by atoms with van der Waals surface area (Å²) in [6, 6.07) is -0.785. The van der Waals surface area contributed by atoms with Crippen LogP contribution in [0.2, 0.25) is 0 Å². The third kappa shape index (κ3) is 5.63. The summed E-state index contributed by atoms with van der Waals surface area (Å²) in [6.07, 6.45) is 2.29. The zero-order valence-electron chi connectivity index (χ0n) is 22.2. The highest BCUT2D eigenvalue weighted by atomic mass is 16.2. The second-order valence-corrected chi connectivity index (χ2v) is 9.49. The van der Waals surface area contributed by atoms with Gasteiger partial charge in [-0.1, -0.05) is 6.92 Å². The number of carbonyl (C=O) groups is 3. The number of aromatic amines is 1. The topological polar surface area (TPSA) is 206 Å². The zero-order valence-corrected chi connectivity index (χ0v) is 22.2. The molecule has 3 rings (SSSR count). The number of nitrogens with two attached hydrogens (primary N) is 2. The fourth-order valence-electron chi connectivity index (χ4n) is 4.69. The minimum atomic E-state index is -1.83. The van der Waals surface area contributed by atoms with Gasteiger partial charge in [-0.2, -0.15) is 0 Å². The van der Waals surface area contributed by atoms with E-state index in [1.807, 2.05) is 4.90 Å². The summed E-state index contributed by atoms with van der Waals surface area (Å²) >= 11 is 0. The fourth-order valence-corrected chi connectivity index (χ4v) is 4.69. The molecule has 1 atom stereocenters. The number of piperazine rings is 1. The van der Waals surface area contributed by atoms with Crippen molar-refractivity contribution >= 4 is 29.0 Å². The fraction of sp³-hybridized carbons (Fsp3) is 0.652. The third-order valence-corrected chi connectivity index (χ3v) is 6.80. The van der Waals surface area contributed by atoms with E-state index in [1.165, 1.54) is 23.6 Å². The van der Waals surface area contributed by atoms with E-state index in [0.717, 1.165) is 30.5 Å². The second-order valence-electron chi connectivity index (χ2n) is 9.49. The molecule has 38 heavy (non-hydrogen) atoms. The summed E-state index contributed by atoms with van der Waals surface area (Å²) in [5.74, 6) is -1.42. The number of rotatable bonds is 11. The molecule has 4 amide bonds. The summed E-state index contributed by atoms with van der Waals surface area (Å²) in [4.78, 5) is 74.5. The number of imide groups is 1. The van der Waals surface area contributed by atoms with Crippen LogP contribution in [-0.4, -0.2) is 92.6 Å². The van der Waals surface area contributed by atoms with Gasteiger partial charge in [0.15, 0.2) is 11.2 Å². The summed E-state index contributed by atoms with van der Waals surface area (Å²) in [7, 11) is 2.78. The van der Waals surface area contributed by atoms with Gasteiger partial charge in [-0.25, -0.2) is 14.6 Å². The van der Waals surface area contributed by atoms with Gasteiger partial charge in [0, 0.05) is 40.2 Å². The van der Waals surface area contributed by atoms with Crippen molar-refractivity contribution in [3.05, 3.63) is 26.7 Å². The Kier molecular flexibility index (Phi) is 9.40. The Morgan fingerprint density at radius 3 is 2.47 bits per heavy atom. The second kappa shape index (κ2) is 12.3. The lowest BCUT2D eigenvalue weighted by molar-refractivity contribution is -0.134. The number of aromatic nitrogens is 4. The molecule has 0 aliphatic carbocycles. The van der Waals surface area contributed by atoms with Gasteiger partial charge in [0.1, 0.15) is 11.3 Å². The van der Waals surface area contributed by atoms with Gasteiger partial charge in [-0.15, -0.1) is 0 Å². The monoisotopic (exact) mass is 534 g/mol. The number of fused-ring (bicyclic) bond motifs is 1. The molecule has 15 nitrogen and oxygen atoms in total. The van der Waals surface area contributed by atoms with Gasteiger partial charge in [0.25, 0.3) is 11.5 Å². The van der Waals surface area contributed by atoms with Crippen molar-refractivity contribution in [1.29, 1.82) is 0 Å². The van der Waals surface area contributed by atoms with Crippen LogP contribution in [0.5, 0.6) is 0 Å². The maximum atomic E-state index is 13.3. The van der Waals surface area contributed by atoms with Gasteiger partial charge in [0.05, 0.1) is 0 Å². The first-order valence-corrected chi connectivity index (χ1v) is 12.8. The third-order valence-electron chi connectivity index (χ3n) is 6.80. The zero-order chi connectivity index (χ0) is 28.0. The first-order chi connectivity index (χ1) is 18.1. The smallest absolute Gasteiger partial charge is 0.332 e. The summed E-state index contributed by atoms with van der Waals surface area (Å²) in [5.41, 5.74) is 8.45. The number of primary amides is 1. The van der Waals surface area contributed by atoms with Gasteiger partial charge >= 0.3 is 11.7 Å². The van der Waals surface area contributed by atoms with Crippen molar-refractivity contribution in [2.45, 2.75) is 38.1 Å². The van der Waals surface area contributed by atoms with E-state index in [9.17, 15) is 24.0 Å². The van der Waals surface area contributed by atoms with Crippen LogP contribution in [-0.2, 0) is 29.2 Å². The van der Waals surface area contributed by atoms with Crippen molar-refractivity contribution in [2.75, 3.05) is 45.8 Å². The highest BCUT2D eigenvalue weighted by Gasteiger charge is 2.53. The highest BCUT2D eigenvalue weighted by molar-refractivity contribution is 5.98. The Balaban J connectivity index is 2.03. The van der Waals surface area contributed by atoms with Crippen molar-refractivity contribution in [3.8, 4) is 0 Å². The molecule has 0 spiro atoms. The first kappa shape index (κ1) is 29.0. The van der Waals surface area contributed by atoms with Crippen LogP contribution < -0.4 is 33.3 Å². The maximum Gasteiger partial charge on any atom is 0.332 e. The lowest BCUT2D eigenvalue weighted by atomic mass is 9.91. The molecule has 1 aliphatic rings. The molecular formula is C23H38N10O5. The molecule has 3 heterocycles. The van der Waals surface area contributed by atoms with Gasteiger partial charge < -0.3 is 26.7 Å². The maximum absolute atomic E-state index is 13.3. The molecule has 1 saturated heterocycles. The predicted molar refractivity (Wildman–Crippen MR) is 140 cm³/mol. The minimum absolute atomic E-state index is 0.00568. The molecular weight excluding hydrogens is 496 g/mol. The predicted octanol–water partition coefficient (Wildman–Crippen LogP) is -2.38. The van der Waals surface area contributed by atoms with E-state index in [1.54, 1.807) is 6.92 Å². The molecule has 210 valence electrons. The number of urea groups is 1. The Bertz CT molecular complexity index is 1300. The number of H-pyrrole nitrogens is 1. The molecule has 1 fully saturated rings. The Morgan fingerprint density at radius 1 is 1.11 bits per heavy atom. The number of imidazole rings is 1. The highest BCUT2D eigenvalue weighted by Crippen LogP contribution is 2.32. The lowest BCUT2D eigenvalue weighted by Gasteiger charge is -2.47. The molecule has 0 bridgehead atoms. The first-order valence-electron chi connectivity index (χ1n) is 12.8. The van der Waals surface area contributed by atoms with Crippen LogP contribution in [0.3, 0.4) is 0 Å². The number of hydrogen-bond donors (Lipinski definition) is 5. The largest absolute Gasteiger partial charge is 0.367 e. The van der Waals surface area contributed by atoms with Crippen LogP contribution in [0.1, 0.15) is 38.4 Å². The van der Waals surface area contributed by atoms with E-state index in [4.69, 9.17) is 11.5 Å². The number of amides is 4. The lowest BCUT2D eigenvalue weighted by Crippen LogP contribution is -2.69. The molecule has 2 aromatic rings. The number of nitrogens with one attached hydrogen (secondary N) is 3. The normalized spacial score (nSPS) is 18.2. The number of hydrogen-bond acceptors (Lipinski definition) is 9. The summed E-state index contributed by atoms with van der Waals surface area (Å²) in [6.45, 7) is 5.01. The number of nitrogens with zero attached hydrogens (tertiary/aromatic N) is 5. The Morgan fingerprint density at radius 2 is 1.82 bits per heavy atom.